The van der Waals surface area contributed by atoms with E-state index >= 15 is 0 Å². The molecule has 2 aliphatic heterocycles. The number of primary amides is 1. The third-order valence-electron chi connectivity index (χ3n) is 4.07. The lowest BCUT2D eigenvalue weighted by Crippen LogP contribution is -2.49. The zero-order chi connectivity index (χ0) is 15.7. The first-order valence-electron chi connectivity index (χ1n) is 7.28. The minimum atomic E-state index is -0.693. The monoisotopic (exact) mass is 305 g/mol. The second-order valence-corrected chi connectivity index (χ2v) is 5.49. The summed E-state index contributed by atoms with van der Waals surface area (Å²) in [5.41, 5.74) is 10.9. The Labute approximate surface area is 127 Å². The van der Waals surface area contributed by atoms with Gasteiger partial charge in [-0.15, -0.1) is 0 Å². The number of hydrogen-bond acceptors (Lipinski definition) is 6. The van der Waals surface area contributed by atoms with Crippen molar-refractivity contribution in [2.75, 3.05) is 36.8 Å². The molecular weight excluding hydrogens is 286 g/mol. The van der Waals surface area contributed by atoms with Crippen LogP contribution in [0.5, 0.6) is 0 Å². The van der Waals surface area contributed by atoms with Crippen LogP contribution in [0.4, 0.5) is 16.4 Å². The van der Waals surface area contributed by atoms with Gasteiger partial charge in [0.05, 0.1) is 12.2 Å². The summed E-state index contributed by atoms with van der Waals surface area (Å²) in [5, 5.41) is 2.82. The topological polar surface area (TPSA) is 130 Å². The molecule has 2 aliphatic rings. The number of anilines is 2. The molecule has 3 heterocycles. The second-order valence-electron chi connectivity index (χ2n) is 5.49. The molecular formula is C13H19N7O2. The Hall–Kier alpha value is -2.58. The number of aromatic nitrogens is 2. The SMILES string of the molecule is NC(=O)c1ncc(N2CCCC(N3CCNC3=O)C2)nc1N. The average Bonchev–Trinajstić information content (AvgIpc) is 2.93. The maximum atomic E-state index is 11.8. The Bertz CT molecular complexity index is 606. The molecule has 1 atom stereocenters. The summed E-state index contributed by atoms with van der Waals surface area (Å²) >= 11 is 0. The van der Waals surface area contributed by atoms with E-state index in [4.69, 9.17) is 11.5 Å². The van der Waals surface area contributed by atoms with Gasteiger partial charge in [-0.1, -0.05) is 0 Å². The van der Waals surface area contributed by atoms with Crippen LogP contribution in [0.15, 0.2) is 6.20 Å². The van der Waals surface area contributed by atoms with Crippen LogP contribution in [-0.4, -0.2) is 59.0 Å². The molecule has 1 aromatic heterocycles. The molecule has 0 radical (unpaired) electrons. The molecule has 0 saturated carbocycles. The standard InChI is InChI=1S/C13H19N7O2/c14-11-10(12(15)21)17-6-9(18-11)19-4-1-2-8(7-19)20-5-3-16-13(20)22/h6,8H,1-5,7H2,(H2,14,18)(H2,15,21)(H,16,22). The Morgan fingerprint density at radius 2 is 2.23 bits per heavy atom. The van der Waals surface area contributed by atoms with Crippen LogP contribution in [0.25, 0.3) is 0 Å². The Morgan fingerprint density at radius 1 is 1.41 bits per heavy atom. The van der Waals surface area contributed by atoms with Crippen LogP contribution in [-0.2, 0) is 0 Å². The molecule has 118 valence electrons. The van der Waals surface area contributed by atoms with Gasteiger partial charge in [0.1, 0.15) is 5.82 Å². The molecule has 1 aromatic rings. The Kier molecular flexibility index (Phi) is 3.70. The first kappa shape index (κ1) is 14.4. The highest BCUT2D eigenvalue weighted by molar-refractivity contribution is 5.95. The molecule has 1 unspecified atom stereocenters. The third-order valence-corrected chi connectivity index (χ3v) is 4.07. The van der Waals surface area contributed by atoms with E-state index in [1.807, 2.05) is 9.80 Å². The van der Waals surface area contributed by atoms with Gasteiger partial charge < -0.3 is 26.6 Å². The predicted octanol–water partition coefficient (Wildman–Crippen LogP) is -0.848. The molecule has 3 amide bonds. The van der Waals surface area contributed by atoms with E-state index in [1.165, 1.54) is 6.20 Å². The zero-order valence-corrected chi connectivity index (χ0v) is 12.2. The van der Waals surface area contributed by atoms with Crippen molar-refractivity contribution in [2.45, 2.75) is 18.9 Å². The van der Waals surface area contributed by atoms with Crippen molar-refractivity contribution in [2.24, 2.45) is 5.73 Å². The quantitative estimate of drug-likeness (QED) is 0.667. The van der Waals surface area contributed by atoms with Crippen LogP contribution in [0.2, 0.25) is 0 Å². The summed E-state index contributed by atoms with van der Waals surface area (Å²) in [6.45, 7) is 2.91. The molecule has 2 fully saturated rings. The lowest BCUT2D eigenvalue weighted by molar-refractivity contribution is 0.0996. The number of nitrogen functional groups attached to an aromatic ring is 1. The van der Waals surface area contributed by atoms with Gasteiger partial charge in [-0.05, 0) is 12.8 Å². The van der Waals surface area contributed by atoms with Crippen molar-refractivity contribution < 1.29 is 9.59 Å². The third kappa shape index (κ3) is 2.61. The van der Waals surface area contributed by atoms with E-state index in [2.05, 4.69) is 15.3 Å². The fourth-order valence-corrected chi connectivity index (χ4v) is 2.99. The molecule has 0 aliphatic carbocycles. The molecule has 2 saturated heterocycles. The predicted molar refractivity (Wildman–Crippen MR) is 80.3 cm³/mol. The van der Waals surface area contributed by atoms with Gasteiger partial charge in [0, 0.05) is 26.2 Å². The van der Waals surface area contributed by atoms with Gasteiger partial charge in [-0.2, -0.15) is 0 Å². The summed E-state index contributed by atoms with van der Waals surface area (Å²) in [4.78, 5) is 35.0. The fourth-order valence-electron chi connectivity index (χ4n) is 2.99. The van der Waals surface area contributed by atoms with Crippen molar-refractivity contribution in [3.63, 3.8) is 0 Å². The lowest BCUT2D eigenvalue weighted by Gasteiger charge is -2.37. The van der Waals surface area contributed by atoms with Crippen LogP contribution in [0.1, 0.15) is 23.3 Å². The minimum Gasteiger partial charge on any atom is -0.382 e. The van der Waals surface area contributed by atoms with Crippen LogP contribution >= 0.6 is 0 Å². The number of carbonyl (C=O) groups is 2. The maximum Gasteiger partial charge on any atom is 0.317 e. The van der Waals surface area contributed by atoms with Crippen LogP contribution in [0.3, 0.4) is 0 Å². The highest BCUT2D eigenvalue weighted by atomic mass is 16.2. The Morgan fingerprint density at radius 3 is 2.86 bits per heavy atom. The highest BCUT2D eigenvalue weighted by Gasteiger charge is 2.32. The molecule has 3 rings (SSSR count). The van der Waals surface area contributed by atoms with E-state index < -0.39 is 5.91 Å². The summed E-state index contributed by atoms with van der Waals surface area (Å²) in [5.74, 6) is -0.0559. The van der Waals surface area contributed by atoms with Crippen LogP contribution in [0, 0.1) is 0 Å². The number of urea groups is 1. The van der Waals surface area contributed by atoms with Crippen molar-refractivity contribution in [3.8, 4) is 0 Å². The number of nitrogens with one attached hydrogen (secondary N) is 1. The van der Waals surface area contributed by atoms with E-state index in [9.17, 15) is 9.59 Å². The van der Waals surface area contributed by atoms with Crippen molar-refractivity contribution in [3.05, 3.63) is 11.9 Å². The number of nitrogens with zero attached hydrogens (tertiary/aromatic N) is 4. The molecule has 9 nitrogen and oxygen atoms in total. The zero-order valence-electron chi connectivity index (χ0n) is 12.2. The average molecular weight is 305 g/mol. The largest absolute Gasteiger partial charge is 0.382 e. The summed E-state index contributed by atoms with van der Waals surface area (Å²) in [6, 6.07) is 0.136. The lowest BCUT2D eigenvalue weighted by atomic mass is 10.0. The maximum absolute atomic E-state index is 11.8. The molecule has 5 N–H and O–H groups in total. The van der Waals surface area contributed by atoms with E-state index in [0.717, 1.165) is 25.9 Å². The molecule has 0 aromatic carbocycles. The number of amides is 3. The van der Waals surface area contributed by atoms with Gasteiger partial charge in [0.15, 0.2) is 11.5 Å². The highest BCUT2D eigenvalue weighted by Crippen LogP contribution is 2.22. The number of piperidine rings is 1. The smallest absolute Gasteiger partial charge is 0.317 e. The molecule has 0 spiro atoms. The van der Waals surface area contributed by atoms with E-state index in [-0.39, 0.29) is 23.6 Å². The summed E-state index contributed by atoms with van der Waals surface area (Å²) in [6.07, 6.45) is 3.42. The summed E-state index contributed by atoms with van der Waals surface area (Å²) in [7, 11) is 0. The number of nitrogens with two attached hydrogens (primary N) is 2. The van der Waals surface area contributed by atoms with E-state index in [1.54, 1.807) is 0 Å². The minimum absolute atomic E-state index is 0.0125. The molecule has 0 bridgehead atoms. The molecule has 22 heavy (non-hydrogen) atoms. The van der Waals surface area contributed by atoms with Crippen molar-refractivity contribution in [1.82, 2.24) is 20.2 Å². The van der Waals surface area contributed by atoms with Crippen molar-refractivity contribution >= 4 is 23.6 Å². The van der Waals surface area contributed by atoms with Gasteiger partial charge in [-0.25, -0.2) is 14.8 Å². The first-order valence-corrected chi connectivity index (χ1v) is 7.28. The molecule has 9 heteroatoms. The van der Waals surface area contributed by atoms with E-state index in [0.29, 0.717) is 18.9 Å². The number of carbonyl (C=O) groups excluding carboxylic acids is 2. The second kappa shape index (κ2) is 5.66. The first-order chi connectivity index (χ1) is 10.6. The fraction of sp³-hybridized carbons (Fsp3) is 0.538. The van der Waals surface area contributed by atoms with Gasteiger partial charge in [0.2, 0.25) is 0 Å². The normalized spacial score (nSPS) is 21.8. The van der Waals surface area contributed by atoms with Crippen LogP contribution < -0.4 is 21.7 Å². The Balaban J connectivity index is 1.76. The van der Waals surface area contributed by atoms with Gasteiger partial charge >= 0.3 is 6.03 Å². The summed E-state index contributed by atoms with van der Waals surface area (Å²) < 4.78 is 0. The van der Waals surface area contributed by atoms with Gasteiger partial charge in [-0.3, -0.25) is 4.79 Å². The number of hydrogen-bond donors (Lipinski definition) is 3. The number of rotatable bonds is 3. The van der Waals surface area contributed by atoms with Gasteiger partial charge in [0.25, 0.3) is 5.91 Å². The van der Waals surface area contributed by atoms with Crippen molar-refractivity contribution in [1.29, 1.82) is 0 Å².